The predicted octanol–water partition coefficient (Wildman–Crippen LogP) is 2.91. The summed E-state index contributed by atoms with van der Waals surface area (Å²) in [6, 6.07) is 8.37. The molecule has 0 spiro atoms. The summed E-state index contributed by atoms with van der Waals surface area (Å²) < 4.78 is 5.27. The van der Waals surface area contributed by atoms with Gasteiger partial charge in [-0.3, -0.25) is 0 Å². The Morgan fingerprint density at radius 1 is 1.30 bits per heavy atom. The zero-order valence-corrected chi connectivity index (χ0v) is 12.9. The number of methoxy groups -OCH3 is 1. The molecule has 0 bridgehead atoms. The van der Waals surface area contributed by atoms with Gasteiger partial charge in [-0.1, -0.05) is 12.1 Å². The maximum Gasteiger partial charge on any atom is 0.119 e. The Bertz CT molecular complexity index is 388. The lowest BCUT2D eigenvalue weighted by Gasteiger charge is -2.24. The Balaban J connectivity index is 1.67. The molecule has 1 N–H and O–H groups in total. The fourth-order valence-corrected chi connectivity index (χ4v) is 2.98. The van der Waals surface area contributed by atoms with E-state index in [9.17, 15) is 0 Å². The highest BCUT2D eigenvalue weighted by Gasteiger charge is 2.12. The lowest BCUT2D eigenvalue weighted by molar-refractivity contribution is 0.285. The summed E-state index contributed by atoms with van der Waals surface area (Å²) in [6.07, 6.45) is 5.41. The summed E-state index contributed by atoms with van der Waals surface area (Å²) in [6.45, 7) is 4.61. The molecule has 1 heterocycles. The number of hydrogen-bond acceptors (Lipinski definition) is 3. The van der Waals surface area contributed by atoms with Crippen LogP contribution in [0.5, 0.6) is 5.75 Å². The number of nitrogens with zero attached hydrogens (tertiary/aromatic N) is 1. The minimum atomic E-state index is 0.946. The summed E-state index contributed by atoms with van der Waals surface area (Å²) in [5, 5.41) is 3.44. The van der Waals surface area contributed by atoms with Crippen LogP contribution in [0.3, 0.4) is 0 Å². The van der Waals surface area contributed by atoms with Gasteiger partial charge in [0.1, 0.15) is 5.75 Å². The molecule has 0 aromatic heterocycles. The van der Waals surface area contributed by atoms with Gasteiger partial charge in [-0.05, 0) is 76.0 Å². The highest BCUT2D eigenvalue weighted by Crippen LogP contribution is 2.18. The Hall–Kier alpha value is -1.06. The molecule has 1 aliphatic rings. The third-order valence-electron chi connectivity index (χ3n) is 4.20. The number of ether oxygens (including phenoxy) is 1. The van der Waals surface area contributed by atoms with Crippen LogP contribution in [0.15, 0.2) is 24.3 Å². The van der Waals surface area contributed by atoms with E-state index < -0.39 is 0 Å². The zero-order valence-electron chi connectivity index (χ0n) is 12.9. The van der Waals surface area contributed by atoms with Crippen molar-refractivity contribution in [3.63, 3.8) is 0 Å². The fourth-order valence-electron chi connectivity index (χ4n) is 2.98. The first-order valence-corrected chi connectivity index (χ1v) is 7.80. The van der Waals surface area contributed by atoms with Crippen LogP contribution in [-0.4, -0.2) is 38.7 Å². The number of piperidine rings is 1. The molecule has 1 aromatic carbocycles. The lowest BCUT2D eigenvalue weighted by Crippen LogP contribution is -2.28. The van der Waals surface area contributed by atoms with Crippen molar-refractivity contribution in [3.8, 4) is 5.75 Å². The molecule has 3 nitrogen and oxygen atoms in total. The summed E-state index contributed by atoms with van der Waals surface area (Å²) >= 11 is 0. The van der Waals surface area contributed by atoms with Crippen LogP contribution in [0.2, 0.25) is 0 Å². The smallest absolute Gasteiger partial charge is 0.119 e. The standard InChI is InChI=1S/C17H28N2O/c1-19(12-4-6-15-8-10-18-11-9-15)14-16-5-3-7-17(13-16)20-2/h3,5,7,13,15,18H,4,6,8-12,14H2,1-2H3. The molecule has 0 amide bonds. The van der Waals surface area contributed by atoms with Gasteiger partial charge in [0.05, 0.1) is 7.11 Å². The highest BCUT2D eigenvalue weighted by molar-refractivity contribution is 5.28. The van der Waals surface area contributed by atoms with E-state index in [0.717, 1.165) is 18.2 Å². The van der Waals surface area contributed by atoms with Crippen molar-refractivity contribution in [2.75, 3.05) is 33.8 Å². The second kappa shape index (κ2) is 8.28. The van der Waals surface area contributed by atoms with Gasteiger partial charge in [-0.2, -0.15) is 0 Å². The Morgan fingerprint density at radius 3 is 2.85 bits per heavy atom. The van der Waals surface area contributed by atoms with E-state index in [1.807, 2.05) is 6.07 Å². The Kier molecular flexibility index (Phi) is 6.34. The molecule has 1 aromatic rings. The molecule has 1 fully saturated rings. The van der Waals surface area contributed by atoms with E-state index in [2.05, 4.69) is 35.5 Å². The fraction of sp³-hybridized carbons (Fsp3) is 0.647. The number of hydrogen-bond donors (Lipinski definition) is 1. The quantitative estimate of drug-likeness (QED) is 0.829. The molecule has 0 atom stereocenters. The first kappa shape index (κ1) is 15.3. The van der Waals surface area contributed by atoms with Crippen LogP contribution in [0.1, 0.15) is 31.2 Å². The predicted molar refractivity (Wildman–Crippen MR) is 84.2 cm³/mol. The first-order chi connectivity index (χ1) is 9.78. The van der Waals surface area contributed by atoms with E-state index in [1.54, 1.807) is 7.11 Å². The van der Waals surface area contributed by atoms with Gasteiger partial charge < -0.3 is 15.0 Å². The molecular weight excluding hydrogens is 248 g/mol. The van der Waals surface area contributed by atoms with Crippen LogP contribution < -0.4 is 10.1 Å². The van der Waals surface area contributed by atoms with E-state index >= 15 is 0 Å². The van der Waals surface area contributed by atoms with Gasteiger partial charge >= 0.3 is 0 Å². The molecular formula is C17H28N2O. The molecule has 2 rings (SSSR count). The van der Waals surface area contributed by atoms with Crippen LogP contribution in [0, 0.1) is 5.92 Å². The van der Waals surface area contributed by atoms with Gasteiger partial charge in [0.25, 0.3) is 0 Å². The number of nitrogens with one attached hydrogen (secondary N) is 1. The molecule has 0 unspecified atom stereocenters. The summed E-state index contributed by atoms with van der Waals surface area (Å²) in [5.74, 6) is 1.90. The van der Waals surface area contributed by atoms with Crippen molar-refractivity contribution >= 4 is 0 Å². The van der Waals surface area contributed by atoms with Crippen molar-refractivity contribution in [2.24, 2.45) is 5.92 Å². The molecule has 1 saturated heterocycles. The van der Waals surface area contributed by atoms with Gasteiger partial charge in [0, 0.05) is 6.54 Å². The molecule has 3 heteroatoms. The zero-order chi connectivity index (χ0) is 14.2. The summed E-state index contributed by atoms with van der Waals surface area (Å²) in [4.78, 5) is 2.41. The van der Waals surface area contributed by atoms with Gasteiger partial charge in [0.15, 0.2) is 0 Å². The minimum absolute atomic E-state index is 0.946. The molecule has 1 aliphatic heterocycles. The molecule has 0 aliphatic carbocycles. The Morgan fingerprint density at radius 2 is 2.10 bits per heavy atom. The van der Waals surface area contributed by atoms with Crippen LogP contribution in [0.4, 0.5) is 0 Å². The maximum atomic E-state index is 5.27. The second-order valence-corrected chi connectivity index (χ2v) is 5.92. The van der Waals surface area contributed by atoms with E-state index in [-0.39, 0.29) is 0 Å². The lowest BCUT2D eigenvalue weighted by atomic mass is 9.93. The first-order valence-electron chi connectivity index (χ1n) is 7.80. The van der Waals surface area contributed by atoms with Crippen LogP contribution in [0.25, 0.3) is 0 Å². The van der Waals surface area contributed by atoms with Crippen LogP contribution in [-0.2, 0) is 6.54 Å². The Labute approximate surface area is 123 Å². The number of rotatable bonds is 7. The number of benzene rings is 1. The molecule has 20 heavy (non-hydrogen) atoms. The van der Waals surface area contributed by atoms with Crippen molar-refractivity contribution < 1.29 is 4.74 Å². The third kappa shape index (κ3) is 5.14. The van der Waals surface area contributed by atoms with Crippen molar-refractivity contribution in [1.29, 1.82) is 0 Å². The maximum absolute atomic E-state index is 5.27. The van der Waals surface area contributed by atoms with E-state index in [4.69, 9.17) is 4.74 Å². The van der Waals surface area contributed by atoms with Crippen LogP contribution >= 0.6 is 0 Å². The normalized spacial score (nSPS) is 16.6. The monoisotopic (exact) mass is 276 g/mol. The SMILES string of the molecule is COc1cccc(CN(C)CCCC2CCNCC2)c1. The topological polar surface area (TPSA) is 24.5 Å². The molecule has 0 radical (unpaired) electrons. The van der Waals surface area contributed by atoms with Gasteiger partial charge in [-0.15, -0.1) is 0 Å². The summed E-state index contributed by atoms with van der Waals surface area (Å²) in [7, 11) is 3.93. The van der Waals surface area contributed by atoms with Crippen molar-refractivity contribution in [3.05, 3.63) is 29.8 Å². The van der Waals surface area contributed by atoms with Gasteiger partial charge in [0.2, 0.25) is 0 Å². The van der Waals surface area contributed by atoms with Crippen molar-refractivity contribution in [2.45, 2.75) is 32.2 Å². The highest BCUT2D eigenvalue weighted by atomic mass is 16.5. The minimum Gasteiger partial charge on any atom is -0.497 e. The molecule has 112 valence electrons. The average molecular weight is 276 g/mol. The average Bonchev–Trinajstić information content (AvgIpc) is 2.48. The largest absolute Gasteiger partial charge is 0.497 e. The third-order valence-corrected chi connectivity index (χ3v) is 4.20. The summed E-state index contributed by atoms with van der Waals surface area (Å²) in [5.41, 5.74) is 1.33. The van der Waals surface area contributed by atoms with Gasteiger partial charge in [-0.25, -0.2) is 0 Å². The van der Waals surface area contributed by atoms with Crippen molar-refractivity contribution in [1.82, 2.24) is 10.2 Å². The second-order valence-electron chi connectivity index (χ2n) is 5.92. The van der Waals surface area contributed by atoms with E-state index in [0.29, 0.717) is 0 Å². The van der Waals surface area contributed by atoms with E-state index in [1.165, 1.54) is 50.9 Å². The molecule has 0 saturated carbocycles.